The predicted octanol–water partition coefficient (Wildman–Crippen LogP) is 1.29. The summed E-state index contributed by atoms with van der Waals surface area (Å²) < 4.78 is 0. The lowest BCUT2D eigenvalue weighted by atomic mass is 9.98. The Labute approximate surface area is 79.0 Å². The maximum atomic E-state index is 4.35. The van der Waals surface area contributed by atoms with Crippen LogP contribution in [0.25, 0.3) is 0 Å². The number of nitrogens with zero attached hydrogens (tertiary/aromatic N) is 1. The monoisotopic (exact) mass is 179 g/mol. The molecule has 0 spiro atoms. The smallest absolute Gasteiger partial charge is 0.108 e. The Morgan fingerprint density at radius 1 is 1.54 bits per heavy atom. The number of aromatic amines is 1. The van der Waals surface area contributed by atoms with E-state index in [9.17, 15) is 0 Å². The largest absolute Gasteiger partial charge is 0.346 e. The summed E-state index contributed by atoms with van der Waals surface area (Å²) in [6, 6.07) is 0. The van der Waals surface area contributed by atoms with E-state index in [1.807, 2.05) is 6.20 Å². The second kappa shape index (κ2) is 3.50. The molecule has 0 amide bonds. The quantitative estimate of drug-likeness (QED) is 0.734. The molecular formula is C10H17N3. The maximum absolute atomic E-state index is 4.35. The number of aromatic nitrogens is 2. The van der Waals surface area contributed by atoms with Crippen molar-refractivity contribution in [2.24, 2.45) is 5.92 Å². The summed E-state index contributed by atoms with van der Waals surface area (Å²) in [5.74, 6) is 2.44. The van der Waals surface area contributed by atoms with Gasteiger partial charge in [0.05, 0.1) is 0 Å². The summed E-state index contributed by atoms with van der Waals surface area (Å²) in [5, 5.41) is 3.28. The molecule has 2 rings (SSSR count). The standard InChI is InChI=1S/C10H17N3/c1-7(2)10-12-6-9(13-10)3-8-4-11-5-8/h6-8,11H,3-5H2,1-2H3,(H,12,13). The number of hydrogen-bond donors (Lipinski definition) is 2. The van der Waals surface area contributed by atoms with Gasteiger partial charge in [-0.1, -0.05) is 13.8 Å². The molecule has 1 aliphatic heterocycles. The van der Waals surface area contributed by atoms with E-state index in [1.165, 1.54) is 5.69 Å². The molecule has 1 fully saturated rings. The van der Waals surface area contributed by atoms with E-state index in [0.717, 1.165) is 31.3 Å². The van der Waals surface area contributed by atoms with E-state index in [2.05, 4.69) is 29.1 Å². The highest BCUT2D eigenvalue weighted by atomic mass is 15.0. The first-order valence-corrected chi connectivity index (χ1v) is 5.00. The van der Waals surface area contributed by atoms with Crippen molar-refractivity contribution in [2.45, 2.75) is 26.2 Å². The van der Waals surface area contributed by atoms with Crippen molar-refractivity contribution in [1.29, 1.82) is 0 Å². The molecular weight excluding hydrogens is 162 g/mol. The molecule has 0 unspecified atom stereocenters. The third-order valence-corrected chi connectivity index (χ3v) is 2.57. The molecule has 1 aromatic rings. The number of H-pyrrole nitrogens is 1. The molecule has 2 heterocycles. The average Bonchev–Trinajstić information content (AvgIpc) is 2.44. The lowest BCUT2D eigenvalue weighted by Crippen LogP contribution is -2.43. The molecule has 0 saturated carbocycles. The van der Waals surface area contributed by atoms with Crippen molar-refractivity contribution in [2.75, 3.05) is 13.1 Å². The van der Waals surface area contributed by atoms with Gasteiger partial charge in [-0.2, -0.15) is 0 Å². The molecule has 1 aromatic heterocycles. The van der Waals surface area contributed by atoms with Gasteiger partial charge in [-0.3, -0.25) is 0 Å². The third-order valence-electron chi connectivity index (χ3n) is 2.57. The minimum absolute atomic E-state index is 0.508. The van der Waals surface area contributed by atoms with E-state index in [0.29, 0.717) is 5.92 Å². The lowest BCUT2D eigenvalue weighted by molar-refractivity contribution is 0.344. The minimum Gasteiger partial charge on any atom is -0.346 e. The van der Waals surface area contributed by atoms with Crippen LogP contribution >= 0.6 is 0 Å². The van der Waals surface area contributed by atoms with Gasteiger partial charge in [-0.15, -0.1) is 0 Å². The molecule has 0 radical (unpaired) electrons. The van der Waals surface area contributed by atoms with E-state index in [4.69, 9.17) is 0 Å². The molecule has 0 aliphatic carbocycles. The lowest BCUT2D eigenvalue weighted by Gasteiger charge is -2.26. The van der Waals surface area contributed by atoms with Crippen LogP contribution in [0.3, 0.4) is 0 Å². The molecule has 0 bridgehead atoms. The Morgan fingerprint density at radius 3 is 2.77 bits per heavy atom. The Kier molecular flexibility index (Phi) is 2.36. The predicted molar refractivity (Wildman–Crippen MR) is 52.7 cm³/mol. The molecule has 3 heteroatoms. The molecule has 3 nitrogen and oxygen atoms in total. The van der Waals surface area contributed by atoms with Gasteiger partial charge in [0.15, 0.2) is 0 Å². The second-order valence-corrected chi connectivity index (χ2v) is 4.18. The summed E-state index contributed by atoms with van der Waals surface area (Å²) in [7, 11) is 0. The zero-order valence-electron chi connectivity index (χ0n) is 8.30. The average molecular weight is 179 g/mol. The zero-order chi connectivity index (χ0) is 9.26. The van der Waals surface area contributed by atoms with Crippen LogP contribution in [0.2, 0.25) is 0 Å². The van der Waals surface area contributed by atoms with Crippen molar-refractivity contribution in [3.8, 4) is 0 Å². The Balaban J connectivity index is 1.96. The van der Waals surface area contributed by atoms with Crippen LogP contribution in [0, 0.1) is 5.92 Å². The van der Waals surface area contributed by atoms with Gasteiger partial charge in [0.2, 0.25) is 0 Å². The fourth-order valence-electron chi connectivity index (χ4n) is 1.58. The van der Waals surface area contributed by atoms with E-state index < -0.39 is 0 Å². The van der Waals surface area contributed by atoms with Gasteiger partial charge in [0, 0.05) is 17.8 Å². The van der Waals surface area contributed by atoms with Gasteiger partial charge in [-0.25, -0.2) is 4.98 Å². The van der Waals surface area contributed by atoms with Crippen LogP contribution in [0.1, 0.15) is 31.3 Å². The molecule has 0 atom stereocenters. The van der Waals surface area contributed by atoms with Crippen molar-refractivity contribution >= 4 is 0 Å². The highest BCUT2D eigenvalue weighted by molar-refractivity contribution is 5.06. The topological polar surface area (TPSA) is 40.7 Å². The Hall–Kier alpha value is -0.830. The summed E-state index contributed by atoms with van der Waals surface area (Å²) in [4.78, 5) is 7.72. The molecule has 1 aliphatic rings. The van der Waals surface area contributed by atoms with Crippen LogP contribution in [0.4, 0.5) is 0 Å². The highest BCUT2D eigenvalue weighted by Crippen LogP contribution is 2.14. The van der Waals surface area contributed by atoms with Gasteiger partial charge < -0.3 is 10.3 Å². The number of imidazole rings is 1. The van der Waals surface area contributed by atoms with Crippen molar-refractivity contribution < 1.29 is 0 Å². The summed E-state index contributed by atoms with van der Waals surface area (Å²) in [6.45, 7) is 6.65. The van der Waals surface area contributed by atoms with Gasteiger partial charge in [0.25, 0.3) is 0 Å². The normalized spacial score (nSPS) is 17.8. The number of nitrogens with one attached hydrogen (secondary N) is 2. The van der Waals surface area contributed by atoms with Gasteiger partial charge >= 0.3 is 0 Å². The fourth-order valence-corrected chi connectivity index (χ4v) is 1.58. The van der Waals surface area contributed by atoms with Crippen molar-refractivity contribution in [3.05, 3.63) is 17.7 Å². The Bertz CT molecular complexity index is 273. The first kappa shape index (κ1) is 8.75. The van der Waals surface area contributed by atoms with E-state index in [-0.39, 0.29) is 0 Å². The first-order chi connectivity index (χ1) is 6.25. The maximum Gasteiger partial charge on any atom is 0.108 e. The molecule has 2 N–H and O–H groups in total. The fraction of sp³-hybridized carbons (Fsp3) is 0.700. The zero-order valence-corrected chi connectivity index (χ0v) is 8.30. The second-order valence-electron chi connectivity index (χ2n) is 4.18. The first-order valence-electron chi connectivity index (χ1n) is 5.00. The van der Waals surface area contributed by atoms with E-state index in [1.54, 1.807) is 0 Å². The highest BCUT2D eigenvalue weighted by Gasteiger charge is 2.18. The number of rotatable bonds is 3. The summed E-state index contributed by atoms with van der Waals surface area (Å²) >= 11 is 0. The molecule has 13 heavy (non-hydrogen) atoms. The third kappa shape index (κ3) is 1.91. The van der Waals surface area contributed by atoms with E-state index >= 15 is 0 Å². The Morgan fingerprint density at radius 2 is 2.31 bits per heavy atom. The molecule has 1 saturated heterocycles. The summed E-state index contributed by atoms with van der Waals surface area (Å²) in [5.41, 5.74) is 1.29. The SMILES string of the molecule is CC(C)c1ncc(CC2CNC2)[nH]1. The van der Waals surface area contributed by atoms with Crippen molar-refractivity contribution in [1.82, 2.24) is 15.3 Å². The van der Waals surface area contributed by atoms with Crippen LogP contribution < -0.4 is 5.32 Å². The van der Waals surface area contributed by atoms with Crippen LogP contribution in [0.5, 0.6) is 0 Å². The van der Waals surface area contributed by atoms with Crippen LogP contribution in [0.15, 0.2) is 6.20 Å². The van der Waals surface area contributed by atoms with Gasteiger partial charge in [0.1, 0.15) is 5.82 Å². The molecule has 72 valence electrons. The molecule has 0 aromatic carbocycles. The van der Waals surface area contributed by atoms with Crippen molar-refractivity contribution in [3.63, 3.8) is 0 Å². The summed E-state index contributed by atoms with van der Waals surface area (Å²) in [6.07, 6.45) is 3.13. The minimum atomic E-state index is 0.508. The van der Waals surface area contributed by atoms with Gasteiger partial charge in [-0.05, 0) is 25.4 Å². The number of hydrogen-bond acceptors (Lipinski definition) is 2. The van der Waals surface area contributed by atoms with Crippen LogP contribution in [-0.4, -0.2) is 23.1 Å². The van der Waals surface area contributed by atoms with Crippen LogP contribution in [-0.2, 0) is 6.42 Å².